The number of halogens is 1. The first-order valence-electron chi connectivity index (χ1n) is 10.3. The Kier molecular flexibility index (Phi) is 6.02. The number of anilines is 1. The molecule has 2 N–H and O–H groups in total. The van der Waals surface area contributed by atoms with E-state index in [2.05, 4.69) is 15.3 Å². The summed E-state index contributed by atoms with van der Waals surface area (Å²) in [7, 11) is 0. The number of carboxylic acid groups (broad SMARTS) is 1. The Morgan fingerprint density at radius 2 is 1.53 bits per heavy atom. The summed E-state index contributed by atoms with van der Waals surface area (Å²) in [5.41, 5.74) is 3.32. The van der Waals surface area contributed by atoms with Crippen LogP contribution in [0, 0.1) is 17.7 Å². The quantitative estimate of drug-likeness (QED) is 0.586. The zero-order valence-electron chi connectivity index (χ0n) is 16.6. The van der Waals surface area contributed by atoms with Crippen molar-refractivity contribution in [2.45, 2.75) is 25.7 Å². The Hall–Kier alpha value is -3.28. The van der Waals surface area contributed by atoms with E-state index in [9.17, 15) is 9.18 Å². The van der Waals surface area contributed by atoms with Crippen molar-refractivity contribution in [1.82, 2.24) is 9.97 Å². The summed E-state index contributed by atoms with van der Waals surface area (Å²) in [6.45, 7) is 0.702. The average molecular weight is 405 g/mol. The molecule has 30 heavy (non-hydrogen) atoms. The second-order valence-corrected chi connectivity index (χ2v) is 7.77. The van der Waals surface area contributed by atoms with Crippen LogP contribution >= 0.6 is 0 Å². The molecule has 0 amide bonds. The molecule has 1 fully saturated rings. The van der Waals surface area contributed by atoms with Crippen molar-refractivity contribution < 1.29 is 14.3 Å². The molecule has 3 aromatic rings. The maximum absolute atomic E-state index is 13.3. The predicted octanol–water partition coefficient (Wildman–Crippen LogP) is 5.25. The first kappa shape index (κ1) is 20.0. The van der Waals surface area contributed by atoms with Gasteiger partial charge in [-0.1, -0.05) is 30.3 Å². The third kappa shape index (κ3) is 4.82. The van der Waals surface area contributed by atoms with Gasteiger partial charge in [0.1, 0.15) is 5.82 Å². The van der Waals surface area contributed by atoms with Gasteiger partial charge in [-0.2, -0.15) is 0 Å². The minimum atomic E-state index is -0.691. The smallest absolute Gasteiger partial charge is 0.306 e. The van der Waals surface area contributed by atoms with E-state index in [-0.39, 0.29) is 11.7 Å². The highest BCUT2D eigenvalue weighted by atomic mass is 19.1. The first-order chi connectivity index (χ1) is 14.6. The molecule has 6 heteroatoms. The molecular weight excluding hydrogens is 381 g/mol. The fourth-order valence-corrected chi connectivity index (χ4v) is 3.90. The number of carbonyl (C=O) groups is 1. The Morgan fingerprint density at radius 3 is 2.13 bits per heavy atom. The Morgan fingerprint density at radius 1 is 0.933 bits per heavy atom. The summed E-state index contributed by atoms with van der Waals surface area (Å²) in [5.74, 6) is -0.269. The van der Waals surface area contributed by atoms with E-state index in [1.807, 2.05) is 36.4 Å². The highest BCUT2D eigenvalue weighted by Gasteiger charge is 2.25. The van der Waals surface area contributed by atoms with E-state index >= 15 is 0 Å². The number of carboxylic acids is 1. The van der Waals surface area contributed by atoms with Gasteiger partial charge >= 0.3 is 5.97 Å². The third-order valence-electron chi connectivity index (χ3n) is 5.68. The molecule has 154 valence electrons. The highest BCUT2D eigenvalue weighted by molar-refractivity contribution is 5.70. The van der Waals surface area contributed by atoms with Gasteiger partial charge < -0.3 is 10.4 Å². The van der Waals surface area contributed by atoms with Crippen molar-refractivity contribution in [1.29, 1.82) is 0 Å². The fourth-order valence-electron chi connectivity index (χ4n) is 3.90. The van der Waals surface area contributed by atoms with E-state index < -0.39 is 5.97 Å². The number of rotatable bonds is 6. The summed E-state index contributed by atoms with van der Waals surface area (Å²) >= 11 is 0. The molecule has 0 bridgehead atoms. The largest absolute Gasteiger partial charge is 0.481 e. The molecule has 0 radical (unpaired) electrons. The van der Waals surface area contributed by atoms with Gasteiger partial charge in [0.2, 0.25) is 5.95 Å². The lowest BCUT2D eigenvalue weighted by atomic mass is 9.82. The van der Waals surface area contributed by atoms with Crippen LogP contribution in [-0.2, 0) is 4.79 Å². The normalized spacial score (nSPS) is 18.7. The molecular formula is C24H24FN3O2. The molecule has 2 aromatic carbocycles. The van der Waals surface area contributed by atoms with Crippen molar-refractivity contribution in [3.63, 3.8) is 0 Å². The summed E-state index contributed by atoms with van der Waals surface area (Å²) in [4.78, 5) is 20.5. The van der Waals surface area contributed by atoms with Crippen LogP contribution in [0.25, 0.3) is 22.5 Å². The van der Waals surface area contributed by atoms with Crippen LogP contribution in [0.1, 0.15) is 25.7 Å². The van der Waals surface area contributed by atoms with Gasteiger partial charge in [-0.3, -0.25) is 4.79 Å². The lowest BCUT2D eigenvalue weighted by Crippen LogP contribution is -2.25. The van der Waals surface area contributed by atoms with Crippen LogP contribution in [0.2, 0.25) is 0 Å². The van der Waals surface area contributed by atoms with Gasteiger partial charge in [0, 0.05) is 17.7 Å². The lowest BCUT2D eigenvalue weighted by molar-refractivity contribution is -0.143. The van der Waals surface area contributed by atoms with Crippen molar-refractivity contribution in [2.75, 3.05) is 11.9 Å². The number of hydrogen-bond acceptors (Lipinski definition) is 4. The number of aliphatic carboxylic acids is 1. The monoisotopic (exact) mass is 405 g/mol. The highest BCUT2D eigenvalue weighted by Crippen LogP contribution is 2.30. The standard InChI is InChI=1S/C24H24FN3O2/c25-20-12-10-18(11-13-20)22-14-21(17-4-2-1-3-5-17)27-24(28-22)26-15-16-6-8-19(9-7-16)23(29)30/h1-5,10-14,16,19H,6-9,15H2,(H,29,30)(H,26,27,28). The molecule has 1 aliphatic rings. The molecule has 0 saturated heterocycles. The number of hydrogen-bond donors (Lipinski definition) is 2. The molecule has 1 aliphatic carbocycles. The SMILES string of the molecule is O=C(O)C1CCC(CNc2nc(-c3ccccc3)cc(-c3ccc(F)cc3)n2)CC1. The van der Waals surface area contributed by atoms with Crippen molar-refractivity contribution >= 4 is 11.9 Å². The van der Waals surface area contributed by atoms with Crippen LogP contribution in [-0.4, -0.2) is 27.6 Å². The molecule has 1 heterocycles. The molecule has 4 rings (SSSR count). The van der Waals surface area contributed by atoms with E-state index in [4.69, 9.17) is 5.11 Å². The predicted molar refractivity (Wildman–Crippen MR) is 114 cm³/mol. The second kappa shape index (κ2) is 9.03. The summed E-state index contributed by atoms with van der Waals surface area (Å²) in [5, 5.41) is 12.5. The lowest BCUT2D eigenvalue weighted by Gasteiger charge is -2.26. The molecule has 0 unspecified atom stereocenters. The number of benzene rings is 2. The minimum absolute atomic E-state index is 0.219. The van der Waals surface area contributed by atoms with Crippen LogP contribution in [0.5, 0.6) is 0 Å². The van der Waals surface area contributed by atoms with E-state index in [1.165, 1.54) is 12.1 Å². The summed E-state index contributed by atoms with van der Waals surface area (Å²) in [6.07, 6.45) is 3.20. The molecule has 1 saturated carbocycles. The van der Waals surface area contributed by atoms with Gasteiger partial charge in [0.25, 0.3) is 0 Å². The maximum atomic E-state index is 13.3. The van der Waals surface area contributed by atoms with Crippen molar-refractivity contribution in [3.8, 4) is 22.5 Å². The number of nitrogens with one attached hydrogen (secondary N) is 1. The van der Waals surface area contributed by atoms with Gasteiger partial charge in [0.15, 0.2) is 0 Å². The number of nitrogens with zero attached hydrogens (tertiary/aromatic N) is 2. The molecule has 5 nitrogen and oxygen atoms in total. The Bertz CT molecular complexity index is 1000. The third-order valence-corrected chi connectivity index (χ3v) is 5.68. The number of aromatic nitrogens is 2. The van der Waals surface area contributed by atoms with E-state index in [0.29, 0.717) is 31.3 Å². The van der Waals surface area contributed by atoms with E-state index in [0.717, 1.165) is 35.4 Å². The molecule has 1 aromatic heterocycles. The van der Waals surface area contributed by atoms with Gasteiger partial charge in [-0.15, -0.1) is 0 Å². The fraction of sp³-hybridized carbons (Fsp3) is 0.292. The van der Waals surface area contributed by atoms with Gasteiger partial charge in [0.05, 0.1) is 17.3 Å². The molecule has 0 aliphatic heterocycles. The minimum Gasteiger partial charge on any atom is -0.481 e. The van der Waals surface area contributed by atoms with Crippen molar-refractivity contribution in [3.05, 3.63) is 66.5 Å². The average Bonchev–Trinajstić information content (AvgIpc) is 2.79. The summed E-state index contributed by atoms with van der Waals surface area (Å²) < 4.78 is 13.3. The van der Waals surface area contributed by atoms with Gasteiger partial charge in [-0.25, -0.2) is 14.4 Å². The van der Waals surface area contributed by atoms with Gasteiger partial charge in [-0.05, 0) is 61.9 Å². The summed E-state index contributed by atoms with van der Waals surface area (Å²) in [6, 6.07) is 18.0. The van der Waals surface area contributed by atoms with Crippen molar-refractivity contribution in [2.24, 2.45) is 11.8 Å². The maximum Gasteiger partial charge on any atom is 0.306 e. The van der Waals surface area contributed by atoms with E-state index in [1.54, 1.807) is 12.1 Å². The van der Waals surface area contributed by atoms with Crippen LogP contribution in [0.15, 0.2) is 60.7 Å². The first-order valence-corrected chi connectivity index (χ1v) is 10.3. The topological polar surface area (TPSA) is 75.1 Å². The molecule has 0 atom stereocenters. The Balaban J connectivity index is 1.55. The van der Waals surface area contributed by atoms with Crippen LogP contribution in [0.4, 0.5) is 10.3 Å². The molecule has 0 spiro atoms. The van der Waals surface area contributed by atoms with Crippen LogP contribution in [0.3, 0.4) is 0 Å². The second-order valence-electron chi connectivity index (χ2n) is 7.77. The zero-order valence-corrected chi connectivity index (χ0v) is 16.6. The van der Waals surface area contributed by atoms with Crippen LogP contribution < -0.4 is 5.32 Å². The Labute approximate surface area is 175 Å². The zero-order chi connectivity index (χ0) is 20.9.